The van der Waals surface area contributed by atoms with Crippen LogP contribution in [-0.2, 0) is 11.3 Å². The predicted octanol–water partition coefficient (Wildman–Crippen LogP) is 9.89. The second-order valence-corrected chi connectivity index (χ2v) is 19.5. The summed E-state index contributed by atoms with van der Waals surface area (Å²) < 4.78 is 10.1. The number of carbonyl (C=O) groups excluding carboxylic acids is 1. The van der Waals surface area contributed by atoms with E-state index in [-0.39, 0.29) is 24.8 Å². The minimum Gasteiger partial charge on any atom is -0.444 e. The van der Waals surface area contributed by atoms with Crippen LogP contribution in [0.5, 0.6) is 0 Å². The number of amides is 1. The number of aromatic nitrogens is 6. The average molecular weight is 950 g/mol. The van der Waals surface area contributed by atoms with Gasteiger partial charge in [0, 0.05) is 103 Å². The molecule has 6 heterocycles. The summed E-state index contributed by atoms with van der Waals surface area (Å²) in [6.07, 6.45) is 11.2. The Labute approximate surface area is 394 Å². The van der Waals surface area contributed by atoms with Crippen molar-refractivity contribution in [3.63, 3.8) is 0 Å². The first-order valence-corrected chi connectivity index (χ1v) is 23.5. The number of benzene rings is 4. The highest BCUT2D eigenvalue weighted by Gasteiger charge is 2.34. The van der Waals surface area contributed by atoms with Crippen LogP contribution >= 0.6 is 15.9 Å². The van der Waals surface area contributed by atoms with Gasteiger partial charge in [-0.3, -0.25) is 0 Å². The summed E-state index contributed by atoms with van der Waals surface area (Å²) in [5, 5.41) is 24.3. The molecule has 2 N–H and O–H groups in total. The summed E-state index contributed by atoms with van der Waals surface area (Å²) >= 11 is 3.46. The van der Waals surface area contributed by atoms with Crippen molar-refractivity contribution in [1.29, 1.82) is 0 Å². The summed E-state index contributed by atoms with van der Waals surface area (Å²) in [4.78, 5) is 28.5. The number of nitrogens with one attached hydrogen (secondary N) is 1. The van der Waals surface area contributed by atoms with Gasteiger partial charge in [0.1, 0.15) is 5.60 Å². The zero-order valence-corrected chi connectivity index (χ0v) is 40.1. The van der Waals surface area contributed by atoms with E-state index in [0.717, 1.165) is 84.3 Å². The maximum Gasteiger partial charge on any atom is 0.410 e. The Balaban J connectivity index is 0.000000167. The summed E-state index contributed by atoms with van der Waals surface area (Å²) in [5.41, 5.74) is 10.7. The number of carbonyl (C=O) groups is 1. The van der Waals surface area contributed by atoms with Gasteiger partial charge in [-0.25, -0.2) is 23.8 Å². The van der Waals surface area contributed by atoms with Gasteiger partial charge < -0.3 is 29.9 Å². The van der Waals surface area contributed by atoms with Crippen molar-refractivity contribution in [3.8, 4) is 33.4 Å². The molecule has 0 aliphatic carbocycles. The van der Waals surface area contributed by atoms with Crippen molar-refractivity contribution in [2.45, 2.75) is 84.8 Å². The number of rotatable bonds is 6. The van der Waals surface area contributed by atoms with E-state index in [1.54, 1.807) is 10.7 Å². The molecule has 2 aliphatic heterocycles. The first-order chi connectivity index (χ1) is 31.8. The lowest BCUT2D eigenvalue weighted by molar-refractivity contribution is 0.0193. The summed E-state index contributed by atoms with van der Waals surface area (Å²) in [6.45, 7) is 17.8. The third kappa shape index (κ3) is 9.09. The lowest BCUT2D eigenvalue weighted by atomic mass is 9.96. The number of hydrogen-bond acceptors (Lipinski definition) is 10. The van der Waals surface area contributed by atoms with E-state index >= 15 is 0 Å². The van der Waals surface area contributed by atoms with E-state index in [9.17, 15) is 9.90 Å². The lowest BCUT2D eigenvalue weighted by Gasteiger charge is -2.45. The molecule has 4 aromatic heterocycles. The van der Waals surface area contributed by atoms with Gasteiger partial charge in [0.25, 0.3) is 0 Å². The van der Waals surface area contributed by atoms with Gasteiger partial charge in [-0.2, -0.15) is 10.2 Å². The Morgan fingerprint density at radius 2 is 1.20 bits per heavy atom. The molecule has 340 valence electrons. The van der Waals surface area contributed by atoms with Gasteiger partial charge in [-0.05, 0) is 122 Å². The Morgan fingerprint density at radius 3 is 1.77 bits per heavy atom. The molecule has 0 bridgehead atoms. The third-order valence-electron chi connectivity index (χ3n) is 12.5. The highest BCUT2D eigenvalue weighted by Crippen LogP contribution is 2.35. The fraction of sp³-hybridized carbons (Fsp3) is 0.327. The molecule has 10 rings (SSSR count). The molecule has 0 saturated carbocycles. The van der Waals surface area contributed by atoms with E-state index in [1.807, 2.05) is 85.4 Å². The molecule has 1 amide bonds. The van der Waals surface area contributed by atoms with Crippen LogP contribution in [0.3, 0.4) is 0 Å². The molecule has 66 heavy (non-hydrogen) atoms. The first-order valence-electron chi connectivity index (χ1n) is 22.7. The zero-order valence-electron chi connectivity index (χ0n) is 38.6. The number of fused-ring (bicyclic) bond motifs is 3. The average Bonchev–Trinajstić information content (AvgIpc) is 3.90. The molecule has 4 atom stereocenters. The molecule has 8 aromatic rings. The topological polar surface area (TPSA) is 129 Å². The van der Waals surface area contributed by atoms with Gasteiger partial charge in [0.15, 0.2) is 11.3 Å². The molecule has 14 heteroatoms. The fourth-order valence-electron chi connectivity index (χ4n) is 9.54. The maximum atomic E-state index is 12.5. The van der Waals surface area contributed by atoms with Crippen LogP contribution in [0.25, 0.3) is 55.4 Å². The largest absolute Gasteiger partial charge is 0.444 e. The van der Waals surface area contributed by atoms with Crippen molar-refractivity contribution in [2.75, 3.05) is 36.0 Å². The molecule has 2 aliphatic rings. The zero-order chi connectivity index (χ0) is 46.3. The number of aliphatic hydroxyl groups is 1. The van der Waals surface area contributed by atoms with Crippen LogP contribution < -0.4 is 15.1 Å². The van der Waals surface area contributed by atoms with E-state index in [1.165, 1.54) is 5.69 Å². The van der Waals surface area contributed by atoms with Gasteiger partial charge in [0.2, 0.25) is 0 Å². The second kappa shape index (κ2) is 18.5. The highest BCUT2D eigenvalue weighted by molar-refractivity contribution is 9.10. The number of nitrogens with zero attached hydrogens (tertiary/aromatic N) is 9. The minimum absolute atomic E-state index is 0.0163. The SMILES string of the molecule is C[C@@H]1CN(C(=O)OC(C)(C)C)C[C@H](C)N1c1ccc(-c2cnc3c(Br)cnn3c2)cc1.C[C@@H]1CNC[C@H](C)N1c1ccc(-c2cnc3c(-c4ccc(CO)c5ccccc45)cnn3c2)cc1. The van der Waals surface area contributed by atoms with Gasteiger partial charge in [0.05, 0.1) is 23.5 Å². The van der Waals surface area contributed by atoms with E-state index < -0.39 is 5.60 Å². The monoisotopic (exact) mass is 948 g/mol. The van der Waals surface area contributed by atoms with E-state index in [4.69, 9.17) is 9.72 Å². The Kier molecular flexibility index (Phi) is 12.6. The van der Waals surface area contributed by atoms with Crippen LogP contribution in [-0.4, -0.2) is 101 Å². The number of piperazine rings is 2. The molecule has 2 saturated heterocycles. The molecule has 0 radical (unpaired) electrons. The Bertz CT molecular complexity index is 2980. The predicted molar refractivity (Wildman–Crippen MR) is 267 cm³/mol. The van der Waals surface area contributed by atoms with E-state index in [0.29, 0.717) is 25.2 Å². The fourth-order valence-corrected chi connectivity index (χ4v) is 9.92. The van der Waals surface area contributed by atoms with Gasteiger partial charge >= 0.3 is 6.09 Å². The Morgan fingerprint density at radius 1 is 0.667 bits per heavy atom. The third-order valence-corrected chi connectivity index (χ3v) is 13.1. The van der Waals surface area contributed by atoms with Crippen LogP contribution in [0.2, 0.25) is 0 Å². The molecular weight excluding hydrogens is 893 g/mol. The standard InChI is InChI=1S/C29H29N5O.C23H28BrN5O2/c1-19-13-30-14-20(2)34(19)24-10-7-21(8-11-24)23-15-31-29-28(16-32-33(29)17-23)27-12-9-22(18-35)25-5-3-4-6-26(25)27;1-15-12-27(22(30)31-23(3,4)5)13-16(2)29(15)19-8-6-17(7-9-19)18-10-25-21-20(24)11-26-28(21)14-18/h3-12,15-17,19-20,30,35H,13-14,18H2,1-2H3;6-11,14-16H,12-13H2,1-5H3/t19-,20+;15-,16+. The molecule has 0 spiro atoms. The van der Waals surface area contributed by atoms with Crippen molar-refractivity contribution in [1.82, 2.24) is 39.4 Å². The smallest absolute Gasteiger partial charge is 0.410 e. The van der Waals surface area contributed by atoms with Crippen LogP contribution in [0.4, 0.5) is 16.2 Å². The quantitative estimate of drug-likeness (QED) is 0.166. The Hall–Kier alpha value is -6.35. The van der Waals surface area contributed by atoms with Crippen LogP contribution in [0.1, 0.15) is 54.0 Å². The molecular formula is C52H57BrN10O3. The van der Waals surface area contributed by atoms with Crippen molar-refractivity contribution in [3.05, 3.63) is 132 Å². The summed E-state index contributed by atoms with van der Waals surface area (Å²) in [6, 6.07) is 30.7. The van der Waals surface area contributed by atoms with Gasteiger partial charge in [-0.15, -0.1) is 0 Å². The molecule has 0 unspecified atom stereocenters. The van der Waals surface area contributed by atoms with Crippen molar-refractivity contribution < 1.29 is 14.6 Å². The number of halogens is 1. The van der Waals surface area contributed by atoms with Crippen LogP contribution in [0, 0.1) is 0 Å². The van der Waals surface area contributed by atoms with Crippen LogP contribution in [0.15, 0.2) is 127 Å². The van der Waals surface area contributed by atoms with E-state index in [2.05, 4.69) is 135 Å². The lowest BCUT2D eigenvalue weighted by Crippen LogP contribution is -2.58. The second-order valence-electron chi connectivity index (χ2n) is 18.6. The minimum atomic E-state index is -0.485. The molecule has 4 aromatic carbocycles. The molecule has 13 nitrogen and oxygen atoms in total. The number of aliphatic hydroxyl groups excluding tert-OH is 1. The van der Waals surface area contributed by atoms with Crippen molar-refractivity contribution in [2.24, 2.45) is 0 Å². The summed E-state index contributed by atoms with van der Waals surface area (Å²) in [5.74, 6) is 0. The molecule has 2 fully saturated rings. The first kappa shape index (κ1) is 44.8. The highest BCUT2D eigenvalue weighted by atomic mass is 79.9. The van der Waals surface area contributed by atoms with Gasteiger partial charge in [-0.1, -0.05) is 60.7 Å². The van der Waals surface area contributed by atoms with Crippen molar-refractivity contribution >= 4 is 55.5 Å². The normalized spacial score (nSPS) is 19.0. The number of hydrogen-bond donors (Lipinski definition) is 2. The summed E-state index contributed by atoms with van der Waals surface area (Å²) in [7, 11) is 0. The number of anilines is 2. The number of ether oxygens (including phenoxy) is 1. The maximum absolute atomic E-state index is 12.5.